The number of hydrogen-bond acceptors (Lipinski definition) is 18. The van der Waals surface area contributed by atoms with E-state index in [4.69, 9.17) is 14.2 Å². The van der Waals surface area contributed by atoms with Crippen molar-refractivity contribution in [1.29, 1.82) is 0 Å². The van der Waals surface area contributed by atoms with Crippen LogP contribution < -0.4 is 0 Å². The van der Waals surface area contributed by atoms with E-state index >= 15 is 0 Å². The molecular formula is C21H39O24P3S3. The van der Waals surface area contributed by atoms with Crippen LogP contribution in [0.3, 0.4) is 0 Å². The van der Waals surface area contributed by atoms with Gasteiger partial charge < -0.3 is 43.6 Å². The van der Waals surface area contributed by atoms with Gasteiger partial charge >= 0.3 is 41.4 Å². The van der Waals surface area contributed by atoms with E-state index in [0.717, 1.165) is 0 Å². The predicted molar refractivity (Wildman–Crippen MR) is 167 cm³/mol. The minimum absolute atomic E-state index is 0.483. The first-order chi connectivity index (χ1) is 22.9. The summed E-state index contributed by atoms with van der Waals surface area (Å²) in [6, 6.07) is 0. The largest absolute Gasteiger partial charge is 0.470 e. The lowest BCUT2D eigenvalue weighted by Gasteiger charge is -2.47. The first-order valence-corrected chi connectivity index (χ1v) is 24.4. The summed E-state index contributed by atoms with van der Waals surface area (Å²) in [5.41, 5.74) is 0. The van der Waals surface area contributed by atoms with Crippen LogP contribution >= 0.6 is 23.5 Å². The zero-order valence-electron chi connectivity index (χ0n) is 26.9. The maximum atomic E-state index is 13.0. The van der Waals surface area contributed by atoms with Crippen molar-refractivity contribution in [3.63, 3.8) is 0 Å². The number of hydrogen-bond donors (Lipinski definition) is 6. The lowest BCUT2D eigenvalue weighted by atomic mass is 9.84. The Hall–Kier alpha value is -1.41. The number of carbonyl (C=O) groups excluding carboxylic acids is 3. The summed E-state index contributed by atoms with van der Waals surface area (Å²) in [4.78, 5) is 96.6. The van der Waals surface area contributed by atoms with E-state index in [9.17, 15) is 82.7 Å². The molecule has 0 radical (unpaired) electrons. The molecule has 30 heteroatoms. The van der Waals surface area contributed by atoms with Gasteiger partial charge in [-0.3, -0.25) is 28.0 Å². The topological polar surface area (TPSA) is 382 Å². The minimum Gasteiger partial charge on any atom is -0.455 e. The monoisotopic (exact) mass is 864 g/mol. The maximum Gasteiger partial charge on any atom is 0.470 e. The van der Waals surface area contributed by atoms with Gasteiger partial charge in [-0.2, -0.15) is 0 Å². The van der Waals surface area contributed by atoms with E-state index in [1.165, 1.54) is 20.8 Å². The fourth-order valence-corrected chi connectivity index (χ4v) is 8.11. The summed E-state index contributed by atoms with van der Waals surface area (Å²) in [6.07, 6.45) is -19.9. The van der Waals surface area contributed by atoms with Crippen LogP contribution in [0.1, 0.15) is 40.0 Å². The Morgan fingerprint density at radius 3 is 0.843 bits per heavy atom. The molecule has 1 aliphatic carbocycles. The molecule has 1 fully saturated rings. The summed E-state index contributed by atoms with van der Waals surface area (Å²) in [6.45, 7) is 3.62. The van der Waals surface area contributed by atoms with Crippen molar-refractivity contribution in [3.8, 4) is 0 Å². The van der Waals surface area contributed by atoms with Crippen molar-refractivity contribution in [3.05, 3.63) is 0 Å². The van der Waals surface area contributed by atoms with Gasteiger partial charge in [-0.15, -0.1) is 0 Å². The van der Waals surface area contributed by atoms with Gasteiger partial charge in [-0.05, 0) is 0 Å². The Morgan fingerprint density at radius 1 is 0.451 bits per heavy atom. The van der Waals surface area contributed by atoms with Crippen molar-refractivity contribution in [1.82, 2.24) is 0 Å². The Labute approximate surface area is 291 Å². The number of sulfone groups is 3. The number of esters is 3. The average molecular weight is 865 g/mol. The fourth-order valence-electron chi connectivity index (χ4n) is 4.14. The minimum atomic E-state index is -6.00. The second-order valence-electron chi connectivity index (χ2n) is 10.5. The molecule has 24 nitrogen and oxygen atoms in total. The summed E-state index contributed by atoms with van der Waals surface area (Å²) < 4.78 is 137. The molecule has 51 heavy (non-hydrogen) atoms. The van der Waals surface area contributed by atoms with Crippen LogP contribution in [0, 0.1) is 0 Å². The van der Waals surface area contributed by atoms with Gasteiger partial charge in [-0.25, -0.2) is 38.9 Å². The number of rotatable bonds is 21. The van der Waals surface area contributed by atoms with Gasteiger partial charge in [0.05, 0.1) is 36.5 Å². The highest BCUT2D eigenvalue weighted by Gasteiger charge is 2.62. The molecule has 1 aliphatic rings. The van der Waals surface area contributed by atoms with E-state index in [1.54, 1.807) is 0 Å². The summed E-state index contributed by atoms with van der Waals surface area (Å²) in [5, 5.41) is 0. The predicted octanol–water partition coefficient (Wildman–Crippen LogP) is -2.36. The van der Waals surface area contributed by atoms with Crippen molar-refractivity contribution in [2.75, 3.05) is 34.5 Å². The lowest BCUT2D eigenvalue weighted by Crippen LogP contribution is -2.68. The second-order valence-corrected chi connectivity index (χ2v) is 21.5. The maximum absolute atomic E-state index is 13.0. The van der Waals surface area contributed by atoms with Gasteiger partial charge in [0, 0.05) is 17.3 Å². The van der Waals surface area contributed by atoms with Crippen LogP contribution in [0.5, 0.6) is 0 Å². The number of carbonyl (C=O) groups is 3. The number of phosphoric acid groups is 3. The van der Waals surface area contributed by atoms with E-state index in [-0.39, 0.29) is 0 Å². The van der Waals surface area contributed by atoms with Crippen LogP contribution in [-0.2, 0) is 85.4 Å². The Bertz CT molecular complexity index is 1620. The molecule has 0 saturated heterocycles. The van der Waals surface area contributed by atoms with E-state index in [1.807, 2.05) is 0 Å². The molecule has 300 valence electrons. The van der Waals surface area contributed by atoms with Crippen LogP contribution in [-0.4, -0.2) is 144 Å². The average Bonchev–Trinajstić information content (AvgIpc) is 2.97. The highest BCUT2D eigenvalue weighted by molar-refractivity contribution is 7.91. The molecule has 0 spiro atoms. The SMILES string of the molecule is CCS(=O)(=O)CCC(=O)O[C@@H]1[C@@H](OC(=O)CCS(=O)(=O)CC)[C@H](OP(=O)(O)O)[C@@H](OP(=O)(O)O)[C@@H](OP(=O)(O)O)[C@H]1OC(=O)CCS(=O)(=O)CC. The molecule has 0 bridgehead atoms. The lowest BCUT2D eigenvalue weighted by molar-refractivity contribution is -0.240. The van der Waals surface area contributed by atoms with Gasteiger partial charge in [0.1, 0.15) is 18.3 Å². The van der Waals surface area contributed by atoms with Crippen LogP contribution in [0.4, 0.5) is 0 Å². The molecule has 0 amide bonds. The third-order valence-corrected chi connectivity index (χ3v) is 13.4. The Balaban J connectivity index is 4.07. The molecule has 1 saturated carbocycles. The Morgan fingerprint density at radius 2 is 0.647 bits per heavy atom. The molecule has 6 N–H and O–H groups in total. The second kappa shape index (κ2) is 18.8. The van der Waals surface area contributed by atoms with Crippen molar-refractivity contribution < 1.29 is 110 Å². The highest BCUT2D eigenvalue weighted by Crippen LogP contribution is 2.51. The smallest absolute Gasteiger partial charge is 0.455 e. The van der Waals surface area contributed by atoms with E-state index in [2.05, 4.69) is 13.6 Å². The first kappa shape index (κ1) is 47.6. The van der Waals surface area contributed by atoms with Gasteiger partial charge in [-0.1, -0.05) is 20.8 Å². The van der Waals surface area contributed by atoms with Gasteiger partial charge in [0.2, 0.25) is 0 Å². The Kier molecular flexibility index (Phi) is 17.5. The first-order valence-electron chi connectivity index (χ1n) is 14.3. The van der Waals surface area contributed by atoms with Crippen molar-refractivity contribution in [2.24, 2.45) is 0 Å². The fraction of sp³-hybridized carbons (Fsp3) is 0.857. The molecule has 1 rings (SSSR count). The number of ether oxygens (including phenoxy) is 3. The summed E-state index contributed by atoms with van der Waals surface area (Å²) in [7, 11) is -29.7. The van der Waals surface area contributed by atoms with Crippen molar-refractivity contribution >= 4 is 70.9 Å². The zero-order chi connectivity index (χ0) is 39.8. The molecule has 0 heterocycles. The third kappa shape index (κ3) is 18.0. The van der Waals surface area contributed by atoms with E-state index in [0.29, 0.717) is 0 Å². The van der Waals surface area contributed by atoms with Gasteiger partial charge in [0.25, 0.3) is 0 Å². The van der Waals surface area contributed by atoms with Crippen LogP contribution in [0.25, 0.3) is 0 Å². The molecule has 0 unspecified atom stereocenters. The molecule has 0 aromatic heterocycles. The molecule has 0 aliphatic heterocycles. The zero-order valence-corrected chi connectivity index (χ0v) is 32.1. The highest BCUT2D eigenvalue weighted by atomic mass is 32.2. The molecular weight excluding hydrogens is 825 g/mol. The van der Waals surface area contributed by atoms with Crippen molar-refractivity contribution in [2.45, 2.75) is 76.7 Å². The van der Waals surface area contributed by atoms with Crippen LogP contribution in [0.15, 0.2) is 0 Å². The molecule has 0 aromatic carbocycles. The summed E-state index contributed by atoms with van der Waals surface area (Å²) >= 11 is 0. The molecule has 0 aromatic rings. The standard InChI is InChI=1S/C21H39O24P3S3/c1-4-49(34,35)10-7-13(22)40-16-17(41-14(23)8-11-50(36,37)5-2)19(43-46(25,26)27)21(45-48(31,32)33)20(44-47(28,29)30)18(16)42-15(24)9-12-51(38,39)6-3/h16-21H,4-12H2,1-3H3,(H2,25,26,27)(H2,28,29,30)(H2,31,32,33)/t16-,17-,18+,19-,20-,21-/m0/s1. The van der Waals surface area contributed by atoms with Crippen LogP contribution in [0.2, 0.25) is 0 Å². The quantitative estimate of drug-likeness (QED) is 0.0399. The number of phosphoric ester groups is 3. The molecule has 6 atom stereocenters. The normalized spacial score (nSPS) is 23.7. The third-order valence-electron chi connectivity index (χ3n) is 6.69. The van der Waals surface area contributed by atoms with E-state index < -0.39 is 161 Å². The summed E-state index contributed by atoms with van der Waals surface area (Å²) in [5.74, 6) is -9.00. The van der Waals surface area contributed by atoms with Gasteiger partial charge in [0.15, 0.2) is 47.8 Å².